The molecule has 16 heavy (non-hydrogen) atoms. The van der Waals surface area contributed by atoms with Crippen molar-refractivity contribution in [1.82, 2.24) is 0 Å². The molecule has 0 radical (unpaired) electrons. The molecule has 0 spiro atoms. The molecule has 0 N–H and O–H groups in total. The highest BCUT2D eigenvalue weighted by Crippen LogP contribution is 2.53. The van der Waals surface area contributed by atoms with Crippen LogP contribution < -0.4 is 0 Å². The first-order valence-electron chi connectivity index (χ1n) is 6.04. The SMILES string of the molecule is CO[Si](CCC1CCC2SC2C1)(OC)OC. The Hall–Kier alpha value is 0.447. The molecule has 5 heteroatoms. The van der Waals surface area contributed by atoms with E-state index < -0.39 is 8.80 Å². The van der Waals surface area contributed by atoms with Crippen LogP contribution in [0.25, 0.3) is 0 Å². The molecule has 0 bridgehead atoms. The van der Waals surface area contributed by atoms with Crippen LogP contribution in [0.1, 0.15) is 25.7 Å². The molecule has 3 atom stereocenters. The van der Waals surface area contributed by atoms with Crippen LogP contribution in [0.5, 0.6) is 0 Å². The summed E-state index contributed by atoms with van der Waals surface area (Å²) < 4.78 is 16.4. The van der Waals surface area contributed by atoms with Gasteiger partial charge in [0, 0.05) is 37.9 Å². The molecule has 2 aliphatic rings. The van der Waals surface area contributed by atoms with Gasteiger partial charge in [-0.1, -0.05) is 0 Å². The number of hydrogen-bond donors (Lipinski definition) is 0. The molecule has 0 amide bonds. The maximum absolute atomic E-state index is 5.45. The molecular weight excluding hydrogens is 240 g/mol. The van der Waals surface area contributed by atoms with Gasteiger partial charge in [-0.05, 0) is 31.6 Å². The standard InChI is InChI=1S/C11H22O3SSi/c1-12-16(13-2,14-3)7-6-9-4-5-10-11(8-9)15-10/h9-11H,4-8H2,1-3H3. The summed E-state index contributed by atoms with van der Waals surface area (Å²) in [6.45, 7) is 0. The van der Waals surface area contributed by atoms with Gasteiger partial charge < -0.3 is 13.3 Å². The van der Waals surface area contributed by atoms with E-state index in [9.17, 15) is 0 Å². The van der Waals surface area contributed by atoms with Crippen LogP contribution in [-0.2, 0) is 13.3 Å². The first-order chi connectivity index (χ1) is 7.73. The van der Waals surface area contributed by atoms with Gasteiger partial charge in [0.25, 0.3) is 0 Å². The molecule has 0 aromatic rings. The fourth-order valence-corrected chi connectivity index (χ4v) is 5.82. The summed E-state index contributed by atoms with van der Waals surface area (Å²) in [4.78, 5) is 0. The van der Waals surface area contributed by atoms with Crippen molar-refractivity contribution in [2.45, 2.75) is 42.2 Å². The quantitative estimate of drug-likeness (QED) is 0.543. The first kappa shape index (κ1) is 12.9. The summed E-state index contributed by atoms with van der Waals surface area (Å²) in [7, 11) is 2.79. The zero-order chi connectivity index (χ0) is 11.6. The normalized spacial score (nSPS) is 33.6. The van der Waals surface area contributed by atoms with Crippen molar-refractivity contribution in [3.63, 3.8) is 0 Å². The third-order valence-electron chi connectivity index (χ3n) is 3.90. The third-order valence-corrected chi connectivity index (χ3v) is 8.14. The van der Waals surface area contributed by atoms with Crippen LogP contribution in [0.2, 0.25) is 6.04 Å². The van der Waals surface area contributed by atoms with E-state index in [0.717, 1.165) is 22.5 Å². The van der Waals surface area contributed by atoms with Crippen molar-refractivity contribution in [2.75, 3.05) is 21.3 Å². The zero-order valence-corrected chi connectivity index (χ0v) is 12.2. The maximum Gasteiger partial charge on any atom is 0.500 e. The minimum atomic E-state index is -2.32. The van der Waals surface area contributed by atoms with E-state index in [1.54, 1.807) is 21.3 Å². The van der Waals surface area contributed by atoms with Gasteiger partial charge in [-0.25, -0.2) is 0 Å². The second-order valence-corrected chi connectivity index (χ2v) is 9.30. The van der Waals surface area contributed by atoms with Crippen LogP contribution in [0, 0.1) is 5.92 Å². The Kier molecular flexibility index (Phi) is 4.35. The third kappa shape index (κ3) is 2.82. The smallest absolute Gasteiger partial charge is 0.377 e. The van der Waals surface area contributed by atoms with Gasteiger partial charge in [0.15, 0.2) is 0 Å². The summed E-state index contributed by atoms with van der Waals surface area (Å²) in [5.74, 6) is 0.864. The van der Waals surface area contributed by atoms with Gasteiger partial charge >= 0.3 is 8.80 Å². The Morgan fingerprint density at radius 3 is 2.31 bits per heavy atom. The second kappa shape index (κ2) is 5.39. The molecule has 2 fully saturated rings. The van der Waals surface area contributed by atoms with E-state index in [4.69, 9.17) is 13.3 Å². The molecule has 0 aromatic heterocycles. The lowest BCUT2D eigenvalue weighted by Crippen LogP contribution is -2.43. The van der Waals surface area contributed by atoms with Gasteiger partial charge in [-0.15, -0.1) is 0 Å². The molecule has 0 aromatic carbocycles. The Balaban J connectivity index is 1.76. The minimum absolute atomic E-state index is 0.864. The molecule has 1 saturated carbocycles. The summed E-state index contributed by atoms with van der Waals surface area (Å²) >= 11 is 2.17. The largest absolute Gasteiger partial charge is 0.500 e. The average Bonchev–Trinajstić information content (AvgIpc) is 3.10. The fourth-order valence-electron chi connectivity index (χ4n) is 2.69. The maximum atomic E-state index is 5.45. The molecule has 1 aliphatic carbocycles. The highest BCUT2D eigenvalue weighted by atomic mass is 32.2. The lowest BCUT2D eigenvalue weighted by atomic mass is 9.88. The Morgan fingerprint density at radius 1 is 1.06 bits per heavy atom. The van der Waals surface area contributed by atoms with E-state index in [0.29, 0.717) is 0 Å². The van der Waals surface area contributed by atoms with Crippen LogP contribution in [0.3, 0.4) is 0 Å². The number of hydrogen-bond acceptors (Lipinski definition) is 4. The van der Waals surface area contributed by atoms with Crippen molar-refractivity contribution in [1.29, 1.82) is 0 Å². The topological polar surface area (TPSA) is 27.7 Å². The lowest BCUT2D eigenvalue weighted by Gasteiger charge is -2.27. The van der Waals surface area contributed by atoms with Gasteiger partial charge in [0.05, 0.1) is 0 Å². The fraction of sp³-hybridized carbons (Fsp3) is 1.00. The van der Waals surface area contributed by atoms with Crippen LogP contribution in [0.15, 0.2) is 0 Å². The van der Waals surface area contributed by atoms with Crippen LogP contribution in [0.4, 0.5) is 0 Å². The van der Waals surface area contributed by atoms with E-state index >= 15 is 0 Å². The molecule has 94 valence electrons. The van der Waals surface area contributed by atoms with E-state index in [2.05, 4.69) is 11.8 Å². The predicted octanol–water partition coefficient (Wildman–Crippen LogP) is 2.54. The zero-order valence-electron chi connectivity index (χ0n) is 10.4. The highest BCUT2D eigenvalue weighted by Gasteiger charge is 2.44. The number of thioether (sulfide) groups is 1. The monoisotopic (exact) mass is 262 g/mol. The van der Waals surface area contributed by atoms with E-state index in [1.165, 1.54) is 25.7 Å². The van der Waals surface area contributed by atoms with Crippen molar-refractivity contribution < 1.29 is 13.3 Å². The summed E-state index contributed by atoms with van der Waals surface area (Å²) in [6.07, 6.45) is 5.40. The van der Waals surface area contributed by atoms with E-state index in [-0.39, 0.29) is 0 Å². The Labute approximate surface area is 104 Å². The Morgan fingerprint density at radius 2 is 1.75 bits per heavy atom. The molecular formula is C11H22O3SSi. The lowest BCUT2D eigenvalue weighted by molar-refractivity contribution is 0.120. The van der Waals surface area contributed by atoms with Gasteiger partial charge in [0.1, 0.15) is 0 Å². The number of rotatable bonds is 6. The van der Waals surface area contributed by atoms with Crippen molar-refractivity contribution >= 4 is 20.6 Å². The minimum Gasteiger partial charge on any atom is -0.377 e. The molecule has 1 saturated heterocycles. The average molecular weight is 262 g/mol. The molecule has 1 aliphatic heterocycles. The van der Waals surface area contributed by atoms with Crippen LogP contribution >= 0.6 is 11.8 Å². The Bertz CT molecular complexity index is 227. The van der Waals surface area contributed by atoms with Crippen molar-refractivity contribution in [3.05, 3.63) is 0 Å². The molecule has 1 heterocycles. The summed E-state index contributed by atoms with van der Waals surface area (Å²) in [6, 6.07) is 0.962. The van der Waals surface area contributed by atoms with Gasteiger partial charge in [0.2, 0.25) is 0 Å². The highest BCUT2D eigenvalue weighted by molar-refractivity contribution is 8.07. The molecule has 3 unspecified atom stereocenters. The van der Waals surface area contributed by atoms with Gasteiger partial charge in [-0.2, -0.15) is 11.8 Å². The molecule has 2 rings (SSSR count). The summed E-state index contributed by atoms with van der Waals surface area (Å²) in [5.41, 5.74) is 0. The van der Waals surface area contributed by atoms with Crippen molar-refractivity contribution in [3.8, 4) is 0 Å². The van der Waals surface area contributed by atoms with Gasteiger partial charge in [-0.3, -0.25) is 0 Å². The van der Waals surface area contributed by atoms with Crippen LogP contribution in [-0.4, -0.2) is 40.6 Å². The summed E-state index contributed by atoms with van der Waals surface area (Å²) in [5, 5.41) is 1.98. The van der Waals surface area contributed by atoms with E-state index in [1.807, 2.05) is 0 Å². The second-order valence-electron chi connectivity index (χ2n) is 4.73. The first-order valence-corrected chi connectivity index (χ1v) is 8.91. The predicted molar refractivity (Wildman–Crippen MR) is 68.7 cm³/mol. The molecule has 3 nitrogen and oxygen atoms in total. The van der Waals surface area contributed by atoms with Crippen molar-refractivity contribution in [2.24, 2.45) is 5.92 Å². The number of fused-ring (bicyclic) bond motifs is 1.